The van der Waals surface area contributed by atoms with Gasteiger partial charge in [-0.25, -0.2) is 0 Å². The maximum atomic E-state index is 6.05. The smallest absolute Gasteiger partial charge is 0.0409 e. The molecule has 0 bridgehead atoms. The summed E-state index contributed by atoms with van der Waals surface area (Å²) < 4.78 is 0. The number of nitrogens with one attached hydrogen (secondary N) is 1. The fourth-order valence-corrected chi connectivity index (χ4v) is 3.08. The topological polar surface area (TPSA) is 12.0 Å². The second kappa shape index (κ2) is 6.58. The average Bonchev–Trinajstić information content (AvgIpc) is 2.54. The summed E-state index contributed by atoms with van der Waals surface area (Å²) in [6.07, 6.45) is 6.74. The molecule has 1 nitrogen and oxygen atoms in total. The first-order chi connectivity index (χ1) is 8.65. The standard InChI is InChI=1S/C16H24ClN/c1-12-5-3-8-16(10-9-12)18-13(2)14-6-4-7-15(17)11-14/h4,6-7,11-13,16,18H,3,5,8-10H2,1-2H3. The van der Waals surface area contributed by atoms with Crippen LogP contribution in [0.5, 0.6) is 0 Å². The van der Waals surface area contributed by atoms with Crippen molar-refractivity contribution in [3.63, 3.8) is 0 Å². The lowest BCUT2D eigenvalue weighted by molar-refractivity contribution is 0.408. The second-order valence-corrected chi connectivity index (χ2v) is 6.19. The van der Waals surface area contributed by atoms with Crippen molar-refractivity contribution >= 4 is 11.6 Å². The van der Waals surface area contributed by atoms with Gasteiger partial charge in [0.2, 0.25) is 0 Å². The van der Waals surface area contributed by atoms with Crippen LogP contribution in [0.1, 0.15) is 57.6 Å². The molecular formula is C16H24ClN. The Morgan fingerprint density at radius 3 is 2.83 bits per heavy atom. The van der Waals surface area contributed by atoms with Crippen LogP contribution in [0.4, 0.5) is 0 Å². The van der Waals surface area contributed by atoms with E-state index in [1.165, 1.54) is 37.7 Å². The Morgan fingerprint density at radius 1 is 1.22 bits per heavy atom. The maximum Gasteiger partial charge on any atom is 0.0409 e. The van der Waals surface area contributed by atoms with Crippen LogP contribution in [0.15, 0.2) is 24.3 Å². The van der Waals surface area contributed by atoms with Gasteiger partial charge in [0.05, 0.1) is 0 Å². The van der Waals surface area contributed by atoms with Gasteiger partial charge in [0.1, 0.15) is 0 Å². The van der Waals surface area contributed by atoms with Gasteiger partial charge >= 0.3 is 0 Å². The third-order valence-corrected chi connectivity index (χ3v) is 4.33. The molecule has 1 aliphatic carbocycles. The summed E-state index contributed by atoms with van der Waals surface area (Å²) in [5.74, 6) is 0.901. The molecule has 0 saturated heterocycles. The summed E-state index contributed by atoms with van der Waals surface area (Å²) in [4.78, 5) is 0. The predicted octanol–water partition coefficient (Wildman–Crippen LogP) is 4.96. The Labute approximate surface area is 116 Å². The molecular weight excluding hydrogens is 242 g/mol. The minimum atomic E-state index is 0.391. The quantitative estimate of drug-likeness (QED) is 0.762. The third kappa shape index (κ3) is 4.00. The Morgan fingerprint density at radius 2 is 2.06 bits per heavy atom. The SMILES string of the molecule is CC1CCCC(NC(C)c2cccc(Cl)c2)CC1. The molecule has 1 aliphatic rings. The van der Waals surface area contributed by atoms with Crippen molar-refractivity contribution in [1.29, 1.82) is 0 Å². The summed E-state index contributed by atoms with van der Waals surface area (Å²) in [5.41, 5.74) is 1.29. The largest absolute Gasteiger partial charge is 0.307 e. The molecule has 0 aromatic heterocycles. The molecule has 1 saturated carbocycles. The van der Waals surface area contributed by atoms with E-state index in [0.717, 1.165) is 10.9 Å². The van der Waals surface area contributed by atoms with E-state index in [1.54, 1.807) is 0 Å². The van der Waals surface area contributed by atoms with Crippen molar-refractivity contribution in [3.8, 4) is 0 Å². The van der Waals surface area contributed by atoms with Crippen LogP contribution in [0.3, 0.4) is 0 Å². The van der Waals surface area contributed by atoms with E-state index in [4.69, 9.17) is 11.6 Å². The summed E-state index contributed by atoms with van der Waals surface area (Å²) in [6, 6.07) is 9.25. The minimum Gasteiger partial charge on any atom is -0.307 e. The van der Waals surface area contributed by atoms with E-state index in [2.05, 4.69) is 31.3 Å². The Kier molecular flexibility index (Phi) is 5.08. The summed E-state index contributed by atoms with van der Waals surface area (Å²) in [6.45, 7) is 4.61. The highest BCUT2D eigenvalue weighted by atomic mass is 35.5. The normalized spacial score (nSPS) is 26.6. The van der Waals surface area contributed by atoms with E-state index >= 15 is 0 Å². The van der Waals surface area contributed by atoms with Crippen molar-refractivity contribution in [3.05, 3.63) is 34.9 Å². The number of benzene rings is 1. The van der Waals surface area contributed by atoms with E-state index in [-0.39, 0.29) is 0 Å². The van der Waals surface area contributed by atoms with E-state index in [0.29, 0.717) is 12.1 Å². The molecule has 0 amide bonds. The third-order valence-electron chi connectivity index (χ3n) is 4.09. The maximum absolute atomic E-state index is 6.05. The van der Waals surface area contributed by atoms with Crippen LogP contribution < -0.4 is 5.32 Å². The molecule has 2 rings (SSSR count). The summed E-state index contributed by atoms with van der Waals surface area (Å²) >= 11 is 6.05. The van der Waals surface area contributed by atoms with Crippen LogP contribution in [0, 0.1) is 5.92 Å². The van der Waals surface area contributed by atoms with Gasteiger partial charge < -0.3 is 5.32 Å². The highest BCUT2D eigenvalue weighted by Crippen LogP contribution is 2.25. The van der Waals surface area contributed by atoms with Crippen LogP contribution in [-0.4, -0.2) is 6.04 Å². The van der Waals surface area contributed by atoms with Crippen molar-refractivity contribution in [2.45, 2.75) is 58.0 Å². The van der Waals surface area contributed by atoms with Crippen LogP contribution in [0.25, 0.3) is 0 Å². The molecule has 100 valence electrons. The molecule has 3 unspecified atom stereocenters. The van der Waals surface area contributed by atoms with E-state index in [9.17, 15) is 0 Å². The molecule has 0 spiro atoms. The van der Waals surface area contributed by atoms with Crippen LogP contribution in [-0.2, 0) is 0 Å². The van der Waals surface area contributed by atoms with Crippen LogP contribution in [0.2, 0.25) is 5.02 Å². The molecule has 0 radical (unpaired) electrons. The lowest BCUT2D eigenvalue weighted by Crippen LogP contribution is -2.31. The fraction of sp³-hybridized carbons (Fsp3) is 0.625. The zero-order valence-corrected chi connectivity index (χ0v) is 12.2. The van der Waals surface area contributed by atoms with Gasteiger partial charge in [-0.1, -0.05) is 43.5 Å². The van der Waals surface area contributed by atoms with Gasteiger partial charge in [-0.2, -0.15) is 0 Å². The summed E-state index contributed by atoms with van der Waals surface area (Å²) in [7, 11) is 0. The first-order valence-electron chi connectivity index (χ1n) is 7.16. The second-order valence-electron chi connectivity index (χ2n) is 5.75. The van der Waals surface area contributed by atoms with Gasteiger partial charge in [0.25, 0.3) is 0 Å². The molecule has 3 atom stereocenters. The van der Waals surface area contributed by atoms with Crippen molar-refractivity contribution in [2.24, 2.45) is 5.92 Å². The lowest BCUT2D eigenvalue weighted by atomic mass is 10.0. The van der Waals surface area contributed by atoms with E-state index < -0.39 is 0 Å². The van der Waals surface area contributed by atoms with Gasteiger partial charge in [-0.15, -0.1) is 0 Å². The van der Waals surface area contributed by atoms with Crippen molar-refractivity contribution < 1.29 is 0 Å². The zero-order valence-electron chi connectivity index (χ0n) is 11.5. The van der Waals surface area contributed by atoms with E-state index in [1.807, 2.05) is 12.1 Å². The monoisotopic (exact) mass is 265 g/mol. The molecule has 0 heterocycles. The molecule has 1 aromatic rings. The van der Waals surface area contributed by atoms with Gasteiger partial charge in [-0.05, 0) is 49.8 Å². The Hall–Kier alpha value is -0.530. The van der Waals surface area contributed by atoms with Crippen molar-refractivity contribution in [2.75, 3.05) is 0 Å². The molecule has 0 aliphatic heterocycles. The minimum absolute atomic E-state index is 0.391. The Balaban J connectivity index is 1.92. The first-order valence-corrected chi connectivity index (χ1v) is 7.54. The predicted molar refractivity (Wildman–Crippen MR) is 79.0 cm³/mol. The molecule has 18 heavy (non-hydrogen) atoms. The molecule has 1 fully saturated rings. The lowest BCUT2D eigenvalue weighted by Gasteiger charge is -2.22. The first kappa shape index (κ1) is 13.9. The van der Waals surface area contributed by atoms with Crippen molar-refractivity contribution in [1.82, 2.24) is 5.32 Å². The molecule has 1 aromatic carbocycles. The molecule has 1 N–H and O–H groups in total. The zero-order chi connectivity index (χ0) is 13.0. The van der Waals surface area contributed by atoms with Gasteiger partial charge in [0.15, 0.2) is 0 Å². The highest BCUT2D eigenvalue weighted by Gasteiger charge is 2.18. The van der Waals surface area contributed by atoms with Gasteiger partial charge in [-0.3, -0.25) is 0 Å². The van der Waals surface area contributed by atoms with Crippen LogP contribution >= 0.6 is 11.6 Å². The summed E-state index contributed by atoms with van der Waals surface area (Å²) in [5, 5.41) is 4.59. The Bertz CT molecular complexity index is 377. The number of hydrogen-bond donors (Lipinski definition) is 1. The average molecular weight is 266 g/mol. The highest BCUT2D eigenvalue weighted by molar-refractivity contribution is 6.30. The number of rotatable bonds is 3. The fourth-order valence-electron chi connectivity index (χ4n) is 2.88. The number of halogens is 1. The molecule has 2 heteroatoms. The number of hydrogen-bond acceptors (Lipinski definition) is 1. The van der Waals surface area contributed by atoms with Gasteiger partial charge in [0, 0.05) is 17.1 Å².